The summed E-state index contributed by atoms with van der Waals surface area (Å²) >= 11 is 0. The lowest BCUT2D eigenvalue weighted by Gasteiger charge is -2.44. The first kappa shape index (κ1) is 21.4. The predicted octanol–water partition coefficient (Wildman–Crippen LogP) is 4.46. The van der Waals surface area contributed by atoms with Crippen LogP contribution in [0.2, 0.25) is 0 Å². The van der Waals surface area contributed by atoms with Crippen molar-refractivity contribution >= 4 is 16.9 Å². The second-order valence-corrected chi connectivity index (χ2v) is 8.70. The molecule has 2 aromatic heterocycles. The van der Waals surface area contributed by atoms with Crippen molar-refractivity contribution in [2.75, 3.05) is 5.73 Å². The van der Waals surface area contributed by atoms with Crippen LogP contribution in [0.25, 0.3) is 22.6 Å². The molecule has 7 nitrogen and oxygen atoms in total. The molecule has 3 N–H and O–H groups in total. The number of benzene rings is 1. The van der Waals surface area contributed by atoms with E-state index in [2.05, 4.69) is 46.7 Å². The van der Waals surface area contributed by atoms with Gasteiger partial charge in [0.05, 0.1) is 11.0 Å². The van der Waals surface area contributed by atoms with Crippen LogP contribution >= 0.6 is 0 Å². The average molecular weight is 421 g/mol. The second kappa shape index (κ2) is 9.14. The van der Waals surface area contributed by atoms with Crippen LogP contribution in [0.3, 0.4) is 0 Å². The Bertz CT molecular complexity index is 1100. The molecule has 3 atom stereocenters. The Morgan fingerprint density at radius 2 is 1.97 bits per heavy atom. The number of aromatic amines is 1. The first-order valence-electron chi connectivity index (χ1n) is 11.4. The Hall–Kier alpha value is -2.80. The molecular weight excluding hydrogens is 388 g/mol. The smallest absolute Gasteiger partial charge is 0.278 e. The molecule has 0 saturated carbocycles. The number of anilines is 1. The Labute approximate surface area is 183 Å². The number of H-pyrrole nitrogens is 1. The highest BCUT2D eigenvalue weighted by Gasteiger charge is 2.33. The van der Waals surface area contributed by atoms with Gasteiger partial charge in [0.2, 0.25) is 0 Å². The summed E-state index contributed by atoms with van der Waals surface area (Å²) in [6.45, 7) is 6.90. The Morgan fingerprint density at radius 3 is 2.68 bits per heavy atom. The zero-order chi connectivity index (χ0) is 22.0. The maximum absolute atomic E-state index is 12.8. The third kappa shape index (κ3) is 4.32. The van der Waals surface area contributed by atoms with E-state index in [1.165, 1.54) is 19.3 Å². The van der Waals surface area contributed by atoms with E-state index in [0.717, 1.165) is 35.9 Å². The number of fused-ring (bicyclic) bond motifs is 1. The molecule has 0 radical (unpaired) electrons. The summed E-state index contributed by atoms with van der Waals surface area (Å²) in [4.78, 5) is 31.7. The van der Waals surface area contributed by atoms with E-state index >= 15 is 0 Å². The summed E-state index contributed by atoms with van der Waals surface area (Å²) in [7, 11) is 0. The minimum atomic E-state index is -0.305. The van der Waals surface area contributed by atoms with E-state index in [0.29, 0.717) is 17.9 Å². The van der Waals surface area contributed by atoms with Gasteiger partial charge in [-0.1, -0.05) is 38.3 Å². The SMILES string of the molecule is CCCCC(c1cccc2[nH]c(=O)c(-c3nccc(N)n3)nc12)N1C(C)CCCC1C. The molecule has 1 fully saturated rings. The molecule has 1 saturated heterocycles. The highest BCUT2D eigenvalue weighted by molar-refractivity contribution is 5.80. The molecule has 1 aliphatic heterocycles. The monoisotopic (exact) mass is 420 g/mol. The molecule has 0 spiro atoms. The van der Waals surface area contributed by atoms with Crippen molar-refractivity contribution in [3.05, 3.63) is 46.4 Å². The number of para-hydroxylation sites is 1. The minimum Gasteiger partial charge on any atom is -0.384 e. The molecule has 0 amide bonds. The number of nitrogen functional groups attached to an aromatic ring is 1. The van der Waals surface area contributed by atoms with Gasteiger partial charge in [0.1, 0.15) is 5.82 Å². The number of nitrogens with zero attached hydrogens (tertiary/aromatic N) is 4. The van der Waals surface area contributed by atoms with E-state index in [9.17, 15) is 4.79 Å². The summed E-state index contributed by atoms with van der Waals surface area (Å²) in [6.07, 6.45) is 8.60. The number of hydrogen-bond acceptors (Lipinski definition) is 6. The van der Waals surface area contributed by atoms with Crippen LogP contribution in [-0.2, 0) is 0 Å². The number of nitrogens with two attached hydrogens (primary N) is 1. The topological polar surface area (TPSA) is 101 Å². The number of unbranched alkanes of at least 4 members (excludes halogenated alkanes) is 1. The maximum atomic E-state index is 12.8. The Balaban J connectivity index is 1.88. The minimum absolute atomic E-state index is 0.209. The molecule has 1 aromatic carbocycles. The largest absolute Gasteiger partial charge is 0.384 e. The van der Waals surface area contributed by atoms with Crippen molar-refractivity contribution in [2.24, 2.45) is 0 Å². The third-order valence-electron chi connectivity index (χ3n) is 6.45. The number of nitrogens with one attached hydrogen (secondary N) is 1. The van der Waals surface area contributed by atoms with Gasteiger partial charge in [-0.15, -0.1) is 0 Å². The van der Waals surface area contributed by atoms with Crippen LogP contribution in [0.4, 0.5) is 5.82 Å². The molecular formula is C24H32N6O. The van der Waals surface area contributed by atoms with Crippen molar-refractivity contribution < 1.29 is 0 Å². The van der Waals surface area contributed by atoms with E-state index in [-0.39, 0.29) is 23.1 Å². The fourth-order valence-electron chi connectivity index (χ4n) is 4.96. The lowest BCUT2D eigenvalue weighted by Crippen LogP contribution is -2.46. The number of piperidine rings is 1. The van der Waals surface area contributed by atoms with Gasteiger partial charge >= 0.3 is 0 Å². The molecule has 164 valence electrons. The standard InChI is InChI=1S/C24H32N6O/c1-4-5-12-19(30-15(2)8-6-9-16(30)3)17-10-7-11-18-21(17)29-22(24(31)27-18)23-26-14-13-20(25)28-23/h7,10-11,13-16,19H,4-6,8-9,12H2,1-3H3,(H,27,31)(H2,25,26,28). The van der Waals surface area contributed by atoms with Gasteiger partial charge in [-0.05, 0) is 50.8 Å². The molecule has 4 rings (SSSR count). The first-order valence-corrected chi connectivity index (χ1v) is 11.4. The van der Waals surface area contributed by atoms with Crippen LogP contribution in [0, 0.1) is 0 Å². The maximum Gasteiger partial charge on any atom is 0.278 e. The van der Waals surface area contributed by atoms with Crippen molar-refractivity contribution in [2.45, 2.75) is 77.4 Å². The fraction of sp³-hybridized carbons (Fsp3) is 0.500. The van der Waals surface area contributed by atoms with Crippen LogP contribution < -0.4 is 11.3 Å². The highest BCUT2D eigenvalue weighted by Crippen LogP contribution is 2.37. The lowest BCUT2D eigenvalue weighted by atomic mass is 9.89. The highest BCUT2D eigenvalue weighted by atomic mass is 16.1. The van der Waals surface area contributed by atoms with Crippen LogP contribution in [-0.4, -0.2) is 36.9 Å². The summed E-state index contributed by atoms with van der Waals surface area (Å²) in [5, 5.41) is 0. The zero-order valence-electron chi connectivity index (χ0n) is 18.6. The van der Waals surface area contributed by atoms with Gasteiger partial charge in [0, 0.05) is 24.3 Å². The molecule has 0 aliphatic carbocycles. The van der Waals surface area contributed by atoms with Gasteiger partial charge in [-0.2, -0.15) is 0 Å². The lowest BCUT2D eigenvalue weighted by molar-refractivity contribution is 0.0495. The van der Waals surface area contributed by atoms with E-state index < -0.39 is 0 Å². The number of rotatable bonds is 6. The normalized spacial score (nSPS) is 20.7. The number of aromatic nitrogens is 4. The summed E-state index contributed by atoms with van der Waals surface area (Å²) < 4.78 is 0. The Morgan fingerprint density at radius 1 is 1.19 bits per heavy atom. The van der Waals surface area contributed by atoms with Crippen molar-refractivity contribution in [1.29, 1.82) is 0 Å². The van der Waals surface area contributed by atoms with Crippen molar-refractivity contribution in [1.82, 2.24) is 24.8 Å². The first-order chi connectivity index (χ1) is 15.0. The van der Waals surface area contributed by atoms with Crippen LogP contribution in [0.5, 0.6) is 0 Å². The molecule has 0 bridgehead atoms. The molecule has 31 heavy (non-hydrogen) atoms. The predicted molar refractivity (Wildman–Crippen MR) is 125 cm³/mol. The van der Waals surface area contributed by atoms with Gasteiger partial charge in [-0.25, -0.2) is 15.0 Å². The summed E-state index contributed by atoms with van der Waals surface area (Å²) in [5.41, 5.74) is 8.44. The van der Waals surface area contributed by atoms with Gasteiger partial charge in [0.25, 0.3) is 5.56 Å². The molecule has 3 heterocycles. The van der Waals surface area contributed by atoms with Crippen LogP contribution in [0.15, 0.2) is 35.3 Å². The molecule has 7 heteroatoms. The Kier molecular flexibility index (Phi) is 6.32. The van der Waals surface area contributed by atoms with Crippen molar-refractivity contribution in [3.8, 4) is 11.5 Å². The molecule has 3 aromatic rings. The number of hydrogen-bond donors (Lipinski definition) is 2. The average Bonchev–Trinajstić information content (AvgIpc) is 2.75. The molecule has 1 aliphatic rings. The summed E-state index contributed by atoms with van der Waals surface area (Å²) in [5.74, 6) is 0.569. The molecule has 3 unspecified atom stereocenters. The van der Waals surface area contributed by atoms with E-state index in [1.54, 1.807) is 12.3 Å². The van der Waals surface area contributed by atoms with Gasteiger partial charge in [0.15, 0.2) is 11.5 Å². The van der Waals surface area contributed by atoms with Crippen LogP contribution in [0.1, 0.15) is 70.9 Å². The second-order valence-electron chi connectivity index (χ2n) is 8.70. The summed E-state index contributed by atoms with van der Waals surface area (Å²) in [6, 6.07) is 8.97. The van der Waals surface area contributed by atoms with Gasteiger partial charge < -0.3 is 10.7 Å². The third-order valence-corrected chi connectivity index (χ3v) is 6.45. The number of likely N-dealkylation sites (tertiary alicyclic amines) is 1. The van der Waals surface area contributed by atoms with E-state index in [4.69, 9.17) is 10.7 Å². The van der Waals surface area contributed by atoms with Crippen molar-refractivity contribution in [3.63, 3.8) is 0 Å². The zero-order valence-corrected chi connectivity index (χ0v) is 18.6. The quantitative estimate of drug-likeness (QED) is 0.611. The van der Waals surface area contributed by atoms with Gasteiger partial charge in [-0.3, -0.25) is 9.69 Å². The van der Waals surface area contributed by atoms with E-state index in [1.807, 2.05) is 12.1 Å². The fourth-order valence-corrected chi connectivity index (χ4v) is 4.96.